The number of ether oxygens (including phenoxy) is 2. The normalized spacial score (nSPS) is 11.9. The van der Waals surface area contributed by atoms with E-state index >= 15 is 0 Å². The second-order valence-corrected chi connectivity index (χ2v) is 4.16. The van der Waals surface area contributed by atoms with Gasteiger partial charge in [-0.1, -0.05) is 12.1 Å². The van der Waals surface area contributed by atoms with E-state index in [0.29, 0.717) is 13.2 Å². The fourth-order valence-electron chi connectivity index (χ4n) is 1.92. The zero-order valence-electron chi connectivity index (χ0n) is 11.8. The molecule has 0 heterocycles. The molecule has 3 N–H and O–H groups in total. The van der Waals surface area contributed by atoms with Crippen LogP contribution in [-0.2, 0) is 0 Å². The quantitative estimate of drug-likeness (QED) is 0.409. The molecule has 1 aromatic rings. The highest BCUT2D eigenvalue weighted by atomic mass is 16.5. The number of benzene rings is 1. The van der Waals surface area contributed by atoms with Crippen molar-refractivity contribution in [2.24, 2.45) is 5.84 Å². The minimum absolute atomic E-state index is 0.0906. The Morgan fingerprint density at radius 3 is 2.53 bits per heavy atom. The Bertz CT molecular complexity index is 394. The molecule has 19 heavy (non-hydrogen) atoms. The van der Waals surface area contributed by atoms with Crippen LogP contribution in [-0.4, -0.2) is 13.2 Å². The molecule has 0 fully saturated rings. The van der Waals surface area contributed by atoms with Gasteiger partial charge in [-0.2, -0.15) is 0 Å². The van der Waals surface area contributed by atoms with Crippen molar-refractivity contribution in [3.63, 3.8) is 0 Å². The molecule has 0 aromatic heterocycles. The largest absolute Gasteiger partial charge is 0.490 e. The summed E-state index contributed by atoms with van der Waals surface area (Å²) in [4.78, 5) is 0. The van der Waals surface area contributed by atoms with Gasteiger partial charge in [-0.3, -0.25) is 11.3 Å². The molecule has 0 aliphatic heterocycles. The summed E-state index contributed by atoms with van der Waals surface area (Å²) in [7, 11) is 0. The lowest BCUT2D eigenvalue weighted by molar-refractivity contribution is 0.287. The maximum atomic E-state index is 5.62. The molecule has 0 spiro atoms. The van der Waals surface area contributed by atoms with Crippen LogP contribution in [0.3, 0.4) is 0 Å². The van der Waals surface area contributed by atoms with E-state index in [1.165, 1.54) is 0 Å². The van der Waals surface area contributed by atoms with Gasteiger partial charge in [0, 0.05) is 6.04 Å². The zero-order valence-corrected chi connectivity index (χ0v) is 11.8. The molecule has 1 unspecified atom stereocenters. The number of nitrogens with one attached hydrogen (secondary N) is 1. The van der Waals surface area contributed by atoms with E-state index in [-0.39, 0.29) is 6.04 Å². The highest BCUT2D eigenvalue weighted by molar-refractivity contribution is 5.44. The van der Waals surface area contributed by atoms with Crippen LogP contribution in [0, 0.1) is 0 Å². The van der Waals surface area contributed by atoms with Crippen molar-refractivity contribution < 1.29 is 9.47 Å². The van der Waals surface area contributed by atoms with Crippen molar-refractivity contribution >= 4 is 0 Å². The molecule has 0 amide bonds. The molecule has 0 saturated carbocycles. The van der Waals surface area contributed by atoms with Gasteiger partial charge < -0.3 is 9.47 Å². The molecule has 4 heteroatoms. The summed E-state index contributed by atoms with van der Waals surface area (Å²) in [5.41, 5.74) is 3.92. The van der Waals surface area contributed by atoms with Gasteiger partial charge in [-0.25, -0.2) is 0 Å². The molecule has 0 bridgehead atoms. The van der Waals surface area contributed by atoms with Gasteiger partial charge in [0.15, 0.2) is 11.5 Å². The summed E-state index contributed by atoms with van der Waals surface area (Å²) in [6, 6.07) is 6.03. The fraction of sp³-hybridized carbons (Fsp3) is 0.467. The predicted octanol–water partition coefficient (Wildman–Crippen LogP) is 2.95. The summed E-state index contributed by atoms with van der Waals surface area (Å²) in [5.74, 6) is 7.15. The summed E-state index contributed by atoms with van der Waals surface area (Å²) >= 11 is 0. The predicted molar refractivity (Wildman–Crippen MR) is 78.3 cm³/mol. The second kappa shape index (κ2) is 8.56. The Hall–Kier alpha value is -1.52. The molecule has 1 rings (SSSR count). The van der Waals surface area contributed by atoms with Crippen LogP contribution in [0.4, 0.5) is 0 Å². The Morgan fingerprint density at radius 2 is 1.95 bits per heavy atom. The van der Waals surface area contributed by atoms with Crippen LogP contribution in [0.25, 0.3) is 0 Å². The first-order valence-electron chi connectivity index (χ1n) is 6.73. The van der Waals surface area contributed by atoms with E-state index in [0.717, 1.165) is 29.9 Å². The van der Waals surface area contributed by atoms with Gasteiger partial charge in [-0.05, 0) is 44.4 Å². The molecule has 0 radical (unpaired) electrons. The third-order valence-electron chi connectivity index (χ3n) is 2.83. The monoisotopic (exact) mass is 264 g/mol. The lowest BCUT2D eigenvalue weighted by Crippen LogP contribution is -2.27. The first-order valence-corrected chi connectivity index (χ1v) is 6.73. The minimum Gasteiger partial charge on any atom is -0.490 e. The Labute approximate surface area is 115 Å². The maximum absolute atomic E-state index is 5.62. The SMILES string of the molecule is C=CCCC(NN)c1ccc(OCC)c(OCC)c1. The highest BCUT2D eigenvalue weighted by Crippen LogP contribution is 2.31. The first-order chi connectivity index (χ1) is 9.26. The highest BCUT2D eigenvalue weighted by Gasteiger charge is 2.12. The number of hydrazine groups is 1. The van der Waals surface area contributed by atoms with Crippen LogP contribution in [0.1, 0.15) is 38.3 Å². The molecule has 0 aliphatic carbocycles. The zero-order chi connectivity index (χ0) is 14.1. The molecular weight excluding hydrogens is 240 g/mol. The Kier molecular flexibility index (Phi) is 7.00. The third-order valence-corrected chi connectivity index (χ3v) is 2.83. The van der Waals surface area contributed by atoms with Crippen molar-refractivity contribution in [1.82, 2.24) is 5.43 Å². The van der Waals surface area contributed by atoms with Gasteiger partial charge in [0.1, 0.15) is 0 Å². The van der Waals surface area contributed by atoms with Crippen LogP contribution in [0.15, 0.2) is 30.9 Å². The van der Waals surface area contributed by atoms with Crippen molar-refractivity contribution in [3.05, 3.63) is 36.4 Å². The number of allylic oxidation sites excluding steroid dienone is 1. The Balaban J connectivity index is 2.94. The average molecular weight is 264 g/mol. The summed E-state index contributed by atoms with van der Waals surface area (Å²) in [5, 5.41) is 0. The minimum atomic E-state index is 0.0906. The van der Waals surface area contributed by atoms with E-state index in [9.17, 15) is 0 Å². The van der Waals surface area contributed by atoms with Crippen molar-refractivity contribution in [2.45, 2.75) is 32.7 Å². The van der Waals surface area contributed by atoms with Crippen molar-refractivity contribution in [3.8, 4) is 11.5 Å². The van der Waals surface area contributed by atoms with Gasteiger partial charge in [0.25, 0.3) is 0 Å². The number of hydrogen-bond donors (Lipinski definition) is 2. The molecular formula is C15H24N2O2. The summed E-state index contributed by atoms with van der Waals surface area (Å²) < 4.78 is 11.2. The van der Waals surface area contributed by atoms with Crippen LogP contribution >= 0.6 is 0 Å². The molecule has 0 aliphatic rings. The second-order valence-electron chi connectivity index (χ2n) is 4.16. The van der Waals surface area contributed by atoms with E-state index in [1.54, 1.807) is 0 Å². The van der Waals surface area contributed by atoms with Crippen molar-refractivity contribution in [1.29, 1.82) is 0 Å². The van der Waals surface area contributed by atoms with E-state index < -0.39 is 0 Å². The molecule has 4 nitrogen and oxygen atoms in total. The smallest absolute Gasteiger partial charge is 0.161 e. The van der Waals surface area contributed by atoms with Gasteiger partial charge in [0.2, 0.25) is 0 Å². The van der Waals surface area contributed by atoms with Gasteiger partial charge in [-0.15, -0.1) is 6.58 Å². The number of nitrogens with two attached hydrogens (primary N) is 1. The molecule has 0 saturated heterocycles. The van der Waals surface area contributed by atoms with Crippen molar-refractivity contribution in [2.75, 3.05) is 13.2 Å². The maximum Gasteiger partial charge on any atom is 0.161 e. The van der Waals surface area contributed by atoms with E-state index in [1.807, 2.05) is 38.1 Å². The van der Waals surface area contributed by atoms with E-state index in [2.05, 4.69) is 12.0 Å². The third kappa shape index (κ3) is 4.58. The Morgan fingerprint density at radius 1 is 1.26 bits per heavy atom. The summed E-state index contributed by atoms with van der Waals surface area (Å²) in [6.07, 6.45) is 3.70. The van der Waals surface area contributed by atoms with Crippen LogP contribution < -0.4 is 20.7 Å². The molecule has 1 aromatic carbocycles. The standard InChI is InChI=1S/C15H24N2O2/c1-4-7-8-13(17-16)12-9-10-14(18-5-2)15(11-12)19-6-3/h4,9-11,13,17H,1,5-8,16H2,2-3H3. The van der Waals surface area contributed by atoms with Crippen LogP contribution in [0.5, 0.6) is 11.5 Å². The van der Waals surface area contributed by atoms with Gasteiger partial charge >= 0.3 is 0 Å². The number of hydrogen-bond acceptors (Lipinski definition) is 4. The first kappa shape index (κ1) is 15.5. The lowest BCUT2D eigenvalue weighted by Gasteiger charge is -2.18. The molecule has 106 valence electrons. The average Bonchev–Trinajstić information content (AvgIpc) is 2.43. The topological polar surface area (TPSA) is 56.5 Å². The van der Waals surface area contributed by atoms with Gasteiger partial charge in [0.05, 0.1) is 13.2 Å². The van der Waals surface area contributed by atoms with Crippen LogP contribution in [0.2, 0.25) is 0 Å². The van der Waals surface area contributed by atoms with E-state index in [4.69, 9.17) is 15.3 Å². The number of rotatable bonds is 9. The lowest BCUT2D eigenvalue weighted by atomic mass is 10.0. The fourth-order valence-corrected chi connectivity index (χ4v) is 1.92. The molecule has 1 atom stereocenters. The summed E-state index contributed by atoms with van der Waals surface area (Å²) in [6.45, 7) is 8.87.